The molecular formula is C13H15NO5. The predicted molar refractivity (Wildman–Crippen MR) is 66.0 cm³/mol. The van der Waals surface area contributed by atoms with E-state index in [1.165, 1.54) is 17.0 Å². The Morgan fingerprint density at radius 3 is 2.21 bits per heavy atom. The van der Waals surface area contributed by atoms with Crippen LogP contribution < -0.4 is 0 Å². The van der Waals surface area contributed by atoms with Crippen molar-refractivity contribution in [3.63, 3.8) is 0 Å². The van der Waals surface area contributed by atoms with E-state index >= 15 is 0 Å². The molecule has 0 unspecified atom stereocenters. The van der Waals surface area contributed by atoms with Crippen molar-refractivity contribution in [3.05, 3.63) is 23.8 Å². The quantitative estimate of drug-likeness (QED) is 0.738. The molecule has 1 fully saturated rings. The third-order valence-electron chi connectivity index (χ3n) is 2.94. The Morgan fingerprint density at radius 2 is 1.74 bits per heavy atom. The normalized spacial score (nSPS) is 14.1. The van der Waals surface area contributed by atoms with Crippen LogP contribution in [0.5, 0.6) is 11.5 Å². The maximum absolute atomic E-state index is 12.2. The van der Waals surface area contributed by atoms with Crippen LogP contribution in [0.15, 0.2) is 18.2 Å². The van der Waals surface area contributed by atoms with Crippen molar-refractivity contribution in [3.8, 4) is 11.5 Å². The second-order valence-electron chi connectivity index (χ2n) is 4.76. The summed E-state index contributed by atoms with van der Waals surface area (Å²) in [6.07, 6.45) is 1.99. The summed E-state index contributed by atoms with van der Waals surface area (Å²) >= 11 is 0. The van der Waals surface area contributed by atoms with Crippen LogP contribution in [0.3, 0.4) is 0 Å². The number of carbonyl (C=O) groups excluding carboxylic acids is 1. The SMILES string of the molecule is O=C(O)CN(CC1CC1)C(=O)c1cc(O)cc(O)c1. The van der Waals surface area contributed by atoms with Gasteiger partial charge in [-0.2, -0.15) is 0 Å². The first-order chi connectivity index (χ1) is 8.95. The number of carboxylic acids is 1. The molecule has 19 heavy (non-hydrogen) atoms. The van der Waals surface area contributed by atoms with Crippen LogP contribution in [0.25, 0.3) is 0 Å². The minimum absolute atomic E-state index is 0.0828. The van der Waals surface area contributed by atoms with E-state index in [2.05, 4.69) is 0 Å². The summed E-state index contributed by atoms with van der Waals surface area (Å²) in [5, 5.41) is 27.5. The zero-order valence-electron chi connectivity index (χ0n) is 10.2. The summed E-state index contributed by atoms with van der Waals surface area (Å²) < 4.78 is 0. The van der Waals surface area contributed by atoms with Crippen molar-refractivity contribution >= 4 is 11.9 Å². The Labute approximate surface area is 109 Å². The highest BCUT2D eigenvalue weighted by atomic mass is 16.4. The summed E-state index contributed by atoms with van der Waals surface area (Å²) in [5.41, 5.74) is 0.0828. The average molecular weight is 265 g/mol. The van der Waals surface area contributed by atoms with E-state index in [0.29, 0.717) is 12.5 Å². The van der Waals surface area contributed by atoms with Crippen LogP contribution in [0.4, 0.5) is 0 Å². The Bertz CT molecular complexity index is 490. The first-order valence-electron chi connectivity index (χ1n) is 6.00. The van der Waals surface area contributed by atoms with Gasteiger partial charge in [-0.15, -0.1) is 0 Å². The van der Waals surface area contributed by atoms with Crippen LogP contribution in [-0.2, 0) is 4.79 Å². The van der Waals surface area contributed by atoms with Gasteiger partial charge in [0.05, 0.1) is 0 Å². The first kappa shape index (κ1) is 13.2. The standard InChI is InChI=1S/C13H15NO5/c15-10-3-9(4-11(16)5-10)13(19)14(7-12(17)18)6-8-1-2-8/h3-5,8,15-16H,1-2,6-7H2,(H,17,18). The average Bonchev–Trinajstić information content (AvgIpc) is 3.09. The van der Waals surface area contributed by atoms with Crippen molar-refractivity contribution in [2.45, 2.75) is 12.8 Å². The summed E-state index contributed by atoms with van der Waals surface area (Å²) in [6.45, 7) is 0.00724. The zero-order chi connectivity index (χ0) is 14.0. The molecule has 0 aromatic heterocycles. The molecular weight excluding hydrogens is 250 g/mol. The van der Waals surface area contributed by atoms with Gasteiger partial charge in [0.25, 0.3) is 5.91 Å². The Balaban J connectivity index is 2.18. The maximum Gasteiger partial charge on any atom is 0.323 e. The lowest BCUT2D eigenvalue weighted by Gasteiger charge is -2.20. The number of amides is 1. The Hall–Kier alpha value is -2.24. The molecule has 1 aromatic rings. The summed E-state index contributed by atoms with van der Waals surface area (Å²) in [4.78, 5) is 24.2. The first-order valence-corrected chi connectivity index (χ1v) is 6.00. The Kier molecular flexibility index (Phi) is 3.59. The molecule has 0 atom stereocenters. The van der Waals surface area contributed by atoms with E-state index in [9.17, 15) is 19.8 Å². The van der Waals surface area contributed by atoms with Crippen molar-refractivity contribution in [1.29, 1.82) is 0 Å². The number of hydrogen-bond acceptors (Lipinski definition) is 4. The minimum atomic E-state index is -1.08. The van der Waals surface area contributed by atoms with E-state index < -0.39 is 11.9 Å². The van der Waals surface area contributed by atoms with E-state index in [1.54, 1.807) is 0 Å². The molecule has 1 saturated carbocycles. The monoisotopic (exact) mass is 265 g/mol. The van der Waals surface area contributed by atoms with Crippen molar-refractivity contribution in [1.82, 2.24) is 4.90 Å². The second kappa shape index (κ2) is 5.17. The van der Waals surface area contributed by atoms with Crippen LogP contribution in [0.2, 0.25) is 0 Å². The summed E-state index contributed by atoms with van der Waals surface area (Å²) in [5.74, 6) is -1.69. The van der Waals surface area contributed by atoms with Gasteiger partial charge in [-0.05, 0) is 30.9 Å². The molecule has 1 aliphatic carbocycles. The van der Waals surface area contributed by atoms with Gasteiger partial charge in [-0.1, -0.05) is 0 Å². The molecule has 0 aliphatic heterocycles. The number of nitrogens with zero attached hydrogens (tertiary/aromatic N) is 1. The number of carboxylic acid groups (broad SMARTS) is 1. The van der Waals surface area contributed by atoms with Crippen molar-refractivity contribution < 1.29 is 24.9 Å². The van der Waals surface area contributed by atoms with Crippen LogP contribution in [-0.4, -0.2) is 45.2 Å². The lowest BCUT2D eigenvalue weighted by Crippen LogP contribution is -2.37. The molecule has 102 valence electrons. The van der Waals surface area contributed by atoms with E-state index in [0.717, 1.165) is 18.9 Å². The highest BCUT2D eigenvalue weighted by molar-refractivity contribution is 5.96. The number of phenols is 2. The fourth-order valence-corrected chi connectivity index (χ4v) is 1.90. The third kappa shape index (κ3) is 3.61. The van der Waals surface area contributed by atoms with Gasteiger partial charge in [-0.25, -0.2) is 0 Å². The number of hydrogen-bond donors (Lipinski definition) is 3. The van der Waals surface area contributed by atoms with Crippen molar-refractivity contribution in [2.75, 3.05) is 13.1 Å². The fourth-order valence-electron chi connectivity index (χ4n) is 1.90. The zero-order valence-corrected chi connectivity index (χ0v) is 10.2. The molecule has 1 aromatic carbocycles. The number of carbonyl (C=O) groups is 2. The van der Waals surface area contributed by atoms with Gasteiger partial charge < -0.3 is 20.2 Å². The molecule has 0 heterocycles. The predicted octanol–water partition coefficient (Wildman–Crippen LogP) is 1.03. The topological polar surface area (TPSA) is 98.1 Å². The summed E-state index contributed by atoms with van der Waals surface area (Å²) in [7, 11) is 0. The maximum atomic E-state index is 12.2. The molecule has 1 amide bonds. The van der Waals surface area contributed by atoms with Crippen LogP contribution in [0.1, 0.15) is 23.2 Å². The van der Waals surface area contributed by atoms with Crippen LogP contribution in [0, 0.1) is 5.92 Å². The van der Waals surface area contributed by atoms with Crippen LogP contribution >= 0.6 is 0 Å². The number of phenolic OH excluding ortho intramolecular Hbond substituents is 2. The number of aliphatic carboxylic acids is 1. The molecule has 1 aliphatic rings. The lowest BCUT2D eigenvalue weighted by atomic mass is 10.1. The van der Waals surface area contributed by atoms with Gasteiger partial charge in [-0.3, -0.25) is 9.59 Å². The van der Waals surface area contributed by atoms with Gasteiger partial charge in [0.1, 0.15) is 18.0 Å². The lowest BCUT2D eigenvalue weighted by molar-refractivity contribution is -0.137. The van der Waals surface area contributed by atoms with E-state index in [-0.39, 0.29) is 23.6 Å². The van der Waals surface area contributed by atoms with Gasteiger partial charge in [0.2, 0.25) is 0 Å². The smallest absolute Gasteiger partial charge is 0.323 e. The molecule has 6 nitrogen and oxygen atoms in total. The van der Waals surface area contributed by atoms with E-state index in [4.69, 9.17) is 5.11 Å². The van der Waals surface area contributed by atoms with E-state index in [1.807, 2.05) is 0 Å². The van der Waals surface area contributed by atoms with Gasteiger partial charge >= 0.3 is 5.97 Å². The molecule has 0 spiro atoms. The third-order valence-corrected chi connectivity index (χ3v) is 2.94. The molecule has 0 bridgehead atoms. The highest BCUT2D eigenvalue weighted by Gasteiger charge is 2.28. The number of aromatic hydroxyl groups is 2. The Morgan fingerprint density at radius 1 is 1.16 bits per heavy atom. The number of benzene rings is 1. The minimum Gasteiger partial charge on any atom is -0.508 e. The highest BCUT2D eigenvalue weighted by Crippen LogP contribution is 2.30. The van der Waals surface area contributed by atoms with Crippen molar-refractivity contribution in [2.24, 2.45) is 5.92 Å². The number of rotatable bonds is 5. The molecule has 6 heteroatoms. The fraction of sp³-hybridized carbons (Fsp3) is 0.385. The van der Waals surface area contributed by atoms with Gasteiger partial charge in [0.15, 0.2) is 0 Å². The molecule has 3 N–H and O–H groups in total. The van der Waals surface area contributed by atoms with Gasteiger partial charge in [0, 0.05) is 18.2 Å². The molecule has 2 rings (SSSR count). The summed E-state index contributed by atoms with van der Waals surface area (Å²) in [6, 6.07) is 3.53. The second-order valence-corrected chi connectivity index (χ2v) is 4.76. The molecule has 0 saturated heterocycles. The molecule has 0 radical (unpaired) electrons. The largest absolute Gasteiger partial charge is 0.508 e.